The molecule has 3 aromatic carbocycles. The highest BCUT2D eigenvalue weighted by Gasteiger charge is 2.40. The van der Waals surface area contributed by atoms with E-state index in [4.69, 9.17) is 23.2 Å². The SMILES string of the molecule is Cc1ccc(NC(=O)c2cccc(NC3=C(Cl)C(=O)N(c4ccccc4F)C3=O)c2)cc1Cl. The third-order valence-corrected chi connectivity index (χ3v) is 5.70. The Labute approximate surface area is 198 Å². The van der Waals surface area contributed by atoms with E-state index in [0.29, 0.717) is 21.3 Å². The second kappa shape index (κ2) is 9.05. The Morgan fingerprint density at radius 1 is 0.909 bits per heavy atom. The van der Waals surface area contributed by atoms with Crippen molar-refractivity contribution in [3.8, 4) is 0 Å². The van der Waals surface area contributed by atoms with Gasteiger partial charge in [0, 0.05) is 22.0 Å². The molecule has 9 heteroatoms. The molecule has 0 spiro atoms. The Morgan fingerprint density at radius 2 is 1.67 bits per heavy atom. The van der Waals surface area contributed by atoms with Crippen molar-refractivity contribution in [2.45, 2.75) is 6.92 Å². The Balaban J connectivity index is 1.55. The molecule has 166 valence electrons. The molecule has 3 aromatic rings. The number of nitrogens with one attached hydrogen (secondary N) is 2. The van der Waals surface area contributed by atoms with Crippen LogP contribution in [0.3, 0.4) is 0 Å². The molecular weight excluding hydrogens is 468 g/mol. The molecule has 0 saturated heterocycles. The van der Waals surface area contributed by atoms with Crippen molar-refractivity contribution >= 4 is 58.0 Å². The molecule has 0 saturated carbocycles. The maximum absolute atomic E-state index is 14.2. The van der Waals surface area contributed by atoms with Gasteiger partial charge in [-0.15, -0.1) is 0 Å². The number of carbonyl (C=O) groups excluding carboxylic acids is 3. The van der Waals surface area contributed by atoms with Crippen LogP contribution in [-0.4, -0.2) is 17.7 Å². The normalized spacial score (nSPS) is 13.5. The van der Waals surface area contributed by atoms with E-state index in [2.05, 4.69) is 10.6 Å². The standard InChI is InChI=1S/C24H16Cl2FN3O3/c1-13-9-10-16(12-17(13)25)29-22(31)14-5-4-6-15(11-14)28-21-20(26)23(32)30(24(21)33)19-8-3-2-7-18(19)27/h2-12,28H,1H3,(H,29,31). The first-order chi connectivity index (χ1) is 15.8. The van der Waals surface area contributed by atoms with Crippen LogP contribution in [0.5, 0.6) is 0 Å². The summed E-state index contributed by atoms with van der Waals surface area (Å²) in [5.41, 5.74) is 1.62. The lowest BCUT2D eigenvalue weighted by Gasteiger charge is -2.15. The summed E-state index contributed by atoms with van der Waals surface area (Å²) in [6, 6.07) is 16.8. The lowest BCUT2D eigenvalue weighted by Crippen LogP contribution is -2.33. The highest BCUT2D eigenvalue weighted by atomic mass is 35.5. The number of rotatable bonds is 5. The number of halogens is 3. The summed E-state index contributed by atoms with van der Waals surface area (Å²) in [6.07, 6.45) is 0. The fraction of sp³-hybridized carbons (Fsp3) is 0.0417. The molecule has 6 nitrogen and oxygen atoms in total. The van der Waals surface area contributed by atoms with E-state index in [-0.39, 0.29) is 22.0 Å². The number of imide groups is 1. The van der Waals surface area contributed by atoms with Crippen molar-refractivity contribution < 1.29 is 18.8 Å². The second-order valence-electron chi connectivity index (χ2n) is 7.21. The van der Waals surface area contributed by atoms with Crippen molar-refractivity contribution in [2.75, 3.05) is 15.5 Å². The molecule has 0 radical (unpaired) electrons. The third-order valence-electron chi connectivity index (χ3n) is 4.94. The van der Waals surface area contributed by atoms with Crippen LogP contribution in [0, 0.1) is 12.7 Å². The van der Waals surface area contributed by atoms with Crippen LogP contribution in [0.2, 0.25) is 5.02 Å². The van der Waals surface area contributed by atoms with Crippen LogP contribution in [0.15, 0.2) is 77.5 Å². The van der Waals surface area contributed by atoms with Crippen molar-refractivity contribution in [1.82, 2.24) is 0 Å². The maximum atomic E-state index is 14.2. The summed E-state index contributed by atoms with van der Waals surface area (Å²) in [7, 11) is 0. The zero-order valence-electron chi connectivity index (χ0n) is 17.2. The molecule has 33 heavy (non-hydrogen) atoms. The van der Waals surface area contributed by atoms with E-state index in [1.54, 1.807) is 36.4 Å². The predicted molar refractivity (Wildman–Crippen MR) is 126 cm³/mol. The zero-order valence-corrected chi connectivity index (χ0v) is 18.7. The molecular formula is C24H16Cl2FN3O3. The highest BCUT2D eigenvalue weighted by molar-refractivity contribution is 6.53. The van der Waals surface area contributed by atoms with Crippen LogP contribution < -0.4 is 15.5 Å². The van der Waals surface area contributed by atoms with Crippen LogP contribution in [0.4, 0.5) is 21.5 Å². The summed E-state index contributed by atoms with van der Waals surface area (Å²) in [5.74, 6) is -2.79. The van der Waals surface area contributed by atoms with Gasteiger partial charge in [0.2, 0.25) is 0 Å². The lowest BCUT2D eigenvalue weighted by molar-refractivity contribution is -0.120. The topological polar surface area (TPSA) is 78.5 Å². The summed E-state index contributed by atoms with van der Waals surface area (Å²) >= 11 is 12.2. The van der Waals surface area contributed by atoms with Gasteiger partial charge in [-0.05, 0) is 55.0 Å². The Hall–Kier alpha value is -3.68. The second-order valence-corrected chi connectivity index (χ2v) is 8.00. The number of aryl methyl sites for hydroxylation is 1. The largest absolute Gasteiger partial charge is 0.350 e. The molecule has 0 fully saturated rings. The summed E-state index contributed by atoms with van der Waals surface area (Å²) in [6.45, 7) is 1.85. The molecule has 3 amide bonds. The van der Waals surface area contributed by atoms with E-state index in [0.717, 1.165) is 11.6 Å². The number of hydrogen-bond donors (Lipinski definition) is 2. The molecule has 0 aliphatic carbocycles. The molecule has 4 rings (SSSR count). The predicted octanol–water partition coefficient (Wildman–Crippen LogP) is 5.48. The molecule has 1 aliphatic heterocycles. The number of carbonyl (C=O) groups is 3. The van der Waals surface area contributed by atoms with Gasteiger partial charge in [0.05, 0.1) is 5.69 Å². The van der Waals surface area contributed by atoms with E-state index in [1.807, 2.05) is 6.92 Å². The van der Waals surface area contributed by atoms with E-state index >= 15 is 0 Å². The van der Waals surface area contributed by atoms with Crippen LogP contribution in [0.25, 0.3) is 0 Å². The Bertz CT molecular complexity index is 1340. The van der Waals surface area contributed by atoms with Gasteiger partial charge >= 0.3 is 0 Å². The minimum absolute atomic E-state index is 0.202. The van der Waals surface area contributed by atoms with Gasteiger partial charge in [0.1, 0.15) is 16.5 Å². The molecule has 0 aromatic heterocycles. The van der Waals surface area contributed by atoms with Crippen molar-refractivity contribution in [3.05, 3.63) is 99.4 Å². The average molecular weight is 484 g/mol. The summed E-state index contributed by atoms with van der Waals surface area (Å²) in [4.78, 5) is 38.7. The van der Waals surface area contributed by atoms with E-state index in [9.17, 15) is 18.8 Å². The maximum Gasteiger partial charge on any atom is 0.283 e. The van der Waals surface area contributed by atoms with Crippen LogP contribution in [-0.2, 0) is 9.59 Å². The average Bonchev–Trinajstić information content (AvgIpc) is 3.00. The van der Waals surface area contributed by atoms with Crippen molar-refractivity contribution in [1.29, 1.82) is 0 Å². The minimum atomic E-state index is -0.848. The van der Waals surface area contributed by atoms with Gasteiger partial charge in [-0.1, -0.05) is 47.5 Å². The number of benzene rings is 3. The number of nitrogens with zero attached hydrogens (tertiary/aromatic N) is 1. The van der Waals surface area contributed by atoms with Crippen LogP contribution in [0.1, 0.15) is 15.9 Å². The number of para-hydroxylation sites is 1. The smallest absolute Gasteiger partial charge is 0.283 e. The summed E-state index contributed by atoms with van der Waals surface area (Å²) in [5, 5.41) is 5.66. The number of amides is 3. The van der Waals surface area contributed by atoms with Gasteiger partial charge in [0.25, 0.3) is 17.7 Å². The highest BCUT2D eigenvalue weighted by Crippen LogP contribution is 2.31. The molecule has 1 heterocycles. The first-order valence-corrected chi connectivity index (χ1v) is 10.5. The molecule has 0 unspecified atom stereocenters. The number of anilines is 3. The fourth-order valence-electron chi connectivity index (χ4n) is 3.22. The minimum Gasteiger partial charge on any atom is -0.350 e. The zero-order chi connectivity index (χ0) is 23.7. The van der Waals surface area contributed by atoms with Crippen molar-refractivity contribution in [3.63, 3.8) is 0 Å². The first-order valence-electron chi connectivity index (χ1n) is 9.74. The van der Waals surface area contributed by atoms with Gasteiger partial charge in [-0.25, -0.2) is 9.29 Å². The molecule has 0 atom stereocenters. The fourth-order valence-corrected chi connectivity index (χ4v) is 3.61. The molecule has 0 bridgehead atoms. The van der Waals surface area contributed by atoms with Gasteiger partial charge in [0.15, 0.2) is 0 Å². The van der Waals surface area contributed by atoms with Crippen LogP contribution >= 0.6 is 23.2 Å². The van der Waals surface area contributed by atoms with Gasteiger partial charge < -0.3 is 10.6 Å². The summed E-state index contributed by atoms with van der Waals surface area (Å²) < 4.78 is 14.2. The van der Waals surface area contributed by atoms with Gasteiger partial charge in [-0.2, -0.15) is 0 Å². The quantitative estimate of drug-likeness (QED) is 0.471. The van der Waals surface area contributed by atoms with E-state index < -0.39 is 23.5 Å². The Morgan fingerprint density at radius 3 is 2.39 bits per heavy atom. The third kappa shape index (κ3) is 4.46. The van der Waals surface area contributed by atoms with Gasteiger partial charge in [-0.3, -0.25) is 14.4 Å². The first kappa shape index (κ1) is 22.5. The molecule has 2 N–H and O–H groups in total. The molecule has 1 aliphatic rings. The Kier molecular flexibility index (Phi) is 6.18. The van der Waals surface area contributed by atoms with E-state index in [1.165, 1.54) is 24.3 Å². The number of hydrogen-bond acceptors (Lipinski definition) is 4. The monoisotopic (exact) mass is 483 g/mol. The van der Waals surface area contributed by atoms with Crippen molar-refractivity contribution in [2.24, 2.45) is 0 Å². The lowest BCUT2D eigenvalue weighted by atomic mass is 10.1.